The van der Waals surface area contributed by atoms with Crippen LogP contribution < -0.4 is 10.6 Å². The fourth-order valence-electron chi connectivity index (χ4n) is 2.18. The van der Waals surface area contributed by atoms with Crippen molar-refractivity contribution in [2.24, 2.45) is 0 Å². The minimum absolute atomic E-state index is 0.0159. The lowest BCUT2D eigenvalue weighted by Crippen LogP contribution is -2.30. The van der Waals surface area contributed by atoms with Crippen molar-refractivity contribution in [3.05, 3.63) is 59.9 Å². The second-order valence-corrected chi connectivity index (χ2v) is 5.69. The van der Waals surface area contributed by atoms with Crippen molar-refractivity contribution in [2.45, 2.75) is 26.4 Å². The largest absolute Gasteiger partial charge is 0.452 e. The first-order valence-corrected chi connectivity index (χ1v) is 7.96. The molecule has 0 aliphatic heterocycles. The second kappa shape index (κ2) is 8.75. The fraction of sp³-hybridized carbons (Fsp3) is 0.211. The van der Waals surface area contributed by atoms with E-state index in [0.717, 1.165) is 0 Å². The summed E-state index contributed by atoms with van der Waals surface area (Å²) in [4.78, 5) is 34.9. The number of anilines is 2. The Hall–Kier alpha value is -3.22. The summed E-state index contributed by atoms with van der Waals surface area (Å²) in [6, 6.07) is 12.1. The molecule has 0 bridgehead atoms. The van der Waals surface area contributed by atoms with Gasteiger partial charge in [0.1, 0.15) is 5.82 Å². The third-order valence-corrected chi connectivity index (χ3v) is 3.39. The molecule has 0 aliphatic rings. The zero-order chi connectivity index (χ0) is 19.1. The Bertz CT molecular complexity index is 805. The third kappa shape index (κ3) is 6.01. The van der Waals surface area contributed by atoms with E-state index < -0.39 is 23.8 Å². The molecule has 136 valence electrons. The number of esters is 1. The van der Waals surface area contributed by atoms with Gasteiger partial charge in [0.2, 0.25) is 5.91 Å². The number of amides is 2. The van der Waals surface area contributed by atoms with Gasteiger partial charge in [-0.2, -0.15) is 0 Å². The molecule has 0 aromatic heterocycles. The molecule has 6 nitrogen and oxygen atoms in total. The summed E-state index contributed by atoms with van der Waals surface area (Å²) in [6.07, 6.45) is -1.04. The normalized spacial score (nSPS) is 11.3. The van der Waals surface area contributed by atoms with Gasteiger partial charge < -0.3 is 15.4 Å². The van der Waals surface area contributed by atoms with Crippen LogP contribution in [0.5, 0.6) is 0 Å². The summed E-state index contributed by atoms with van der Waals surface area (Å²) in [5, 5.41) is 5.11. The molecule has 1 atom stereocenters. The van der Waals surface area contributed by atoms with Crippen LogP contribution in [0.2, 0.25) is 0 Å². The Morgan fingerprint density at radius 1 is 1.04 bits per heavy atom. The number of benzene rings is 2. The van der Waals surface area contributed by atoms with Gasteiger partial charge in [0.05, 0.1) is 6.42 Å². The van der Waals surface area contributed by atoms with E-state index in [1.165, 1.54) is 38.1 Å². The van der Waals surface area contributed by atoms with E-state index in [-0.39, 0.29) is 18.0 Å². The predicted octanol–water partition coefficient (Wildman–Crippen LogP) is 2.90. The molecular formula is C19H19FN2O4. The van der Waals surface area contributed by atoms with E-state index in [2.05, 4.69) is 10.6 Å². The van der Waals surface area contributed by atoms with Crippen LogP contribution in [-0.4, -0.2) is 23.9 Å². The number of ether oxygens (including phenoxy) is 1. The lowest BCUT2D eigenvalue weighted by atomic mass is 10.1. The Morgan fingerprint density at radius 2 is 1.73 bits per heavy atom. The molecule has 7 heteroatoms. The quantitative estimate of drug-likeness (QED) is 0.778. The monoisotopic (exact) mass is 358 g/mol. The predicted molar refractivity (Wildman–Crippen MR) is 95.0 cm³/mol. The highest BCUT2D eigenvalue weighted by Crippen LogP contribution is 2.12. The highest BCUT2D eigenvalue weighted by atomic mass is 19.1. The van der Waals surface area contributed by atoms with Crippen molar-refractivity contribution in [2.75, 3.05) is 10.6 Å². The molecule has 0 saturated carbocycles. The first-order chi connectivity index (χ1) is 12.3. The SMILES string of the molecule is CC(=O)Nc1ccc(CC(=O)O[C@H](C)C(=O)Nc2cccc(F)c2)cc1. The molecule has 0 aliphatic carbocycles. The molecule has 2 aromatic rings. The third-order valence-electron chi connectivity index (χ3n) is 3.39. The highest BCUT2D eigenvalue weighted by Gasteiger charge is 2.18. The standard InChI is InChI=1S/C19H19FN2O4/c1-12(19(25)22-17-5-3-4-15(20)11-17)26-18(24)10-14-6-8-16(9-7-14)21-13(2)23/h3-9,11-12H,10H2,1-2H3,(H,21,23)(H,22,25)/t12-/m1/s1. The van der Waals surface area contributed by atoms with Crippen LogP contribution in [0.1, 0.15) is 19.4 Å². The van der Waals surface area contributed by atoms with Gasteiger partial charge in [-0.25, -0.2) is 4.39 Å². The van der Waals surface area contributed by atoms with Crippen molar-refractivity contribution >= 4 is 29.2 Å². The summed E-state index contributed by atoms with van der Waals surface area (Å²) in [7, 11) is 0. The van der Waals surface area contributed by atoms with Gasteiger partial charge in [0.25, 0.3) is 5.91 Å². The van der Waals surface area contributed by atoms with Crippen LogP contribution in [0.25, 0.3) is 0 Å². The smallest absolute Gasteiger partial charge is 0.311 e. The van der Waals surface area contributed by atoms with Gasteiger partial charge in [-0.3, -0.25) is 14.4 Å². The van der Waals surface area contributed by atoms with Crippen LogP contribution in [-0.2, 0) is 25.5 Å². The van der Waals surface area contributed by atoms with E-state index >= 15 is 0 Å². The molecule has 2 rings (SSSR count). The molecule has 0 unspecified atom stereocenters. The number of carbonyl (C=O) groups excluding carboxylic acids is 3. The summed E-state index contributed by atoms with van der Waals surface area (Å²) in [5.41, 5.74) is 1.59. The summed E-state index contributed by atoms with van der Waals surface area (Å²) in [6.45, 7) is 2.84. The van der Waals surface area contributed by atoms with Crippen molar-refractivity contribution in [3.63, 3.8) is 0 Å². The first kappa shape index (κ1) is 19.1. The van der Waals surface area contributed by atoms with Gasteiger partial charge in [-0.05, 0) is 42.8 Å². The molecule has 0 fully saturated rings. The first-order valence-electron chi connectivity index (χ1n) is 7.96. The Morgan fingerprint density at radius 3 is 2.35 bits per heavy atom. The number of halogens is 1. The topological polar surface area (TPSA) is 84.5 Å². The zero-order valence-electron chi connectivity index (χ0n) is 14.4. The molecule has 0 radical (unpaired) electrons. The summed E-state index contributed by atoms with van der Waals surface area (Å²) < 4.78 is 18.2. The van der Waals surface area contributed by atoms with Gasteiger partial charge in [0, 0.05) is 18.3 Å². The molecule has 0 spiro atoms. The average Bonchev–Trinajstić information content (AvgIpc) is 2.56. The van der Waals surface area contributed by atoms with E-state index in [0.29, 0.717) is 11.3 Å². The van der Waals surface area contributed by atoms with E-state index in [1.54, 1.807) is 24.3 Å². The van der Waals surface area contributed by atoms with Crippen LogP contribution in [0.15, 0.2) is 48.5 Å². The van der Waals surface area contributed by atoms with Crippen LogP contribution in [0, 0.1) is 5.82 Å². The molecule has 2 aromatic carbocycles. The molecule has 0 saturated heterocycles. The maximum absolute atomic E-state index is 13.1. The van der Waals surface area contributed by atoms with E-state index in [9.17, 15) is 18.8 Å². The lowest BCUT2D eigenvalue weighted by Gasteiger charge is -2.13. The zero-order valence-corrected chi connectivity index (χ0v) is 14.4. The van der Waals surface area contributed by atoms with Crippen molar-refractivity contribution in [1.29, 1.82) is 0 Å². The minimum atomic E-state index is -1.02. The Kier molecular flexibility index (Phi) is 6.43. The number of carbonyl (C=O) groups is 3. The minimum Gasteiger partial charge on any atom is -0.452 e. The number of nitrogens with one attached hydrogen (secondary N) is 2. The lowest BCUT2D eigenvalue weighted by molar-refractivity contribution is -0.152. The van der Waals surface area contributed by atoms with Crippen molar-refractivity contribution < 1.29 is 23.5 Å². The fourth-order valence-corrected chi connectivity index (χ4v) is 2.18. The maximum Gasteiger partial charge on any atom is 0.311 e. The van der Waals surface area contributed by atoms with Gasteiger partial charge >= 0.3 is 5.97 Å². The van der Waals surface area contributed by atoms with Gasteiger partial charge in [0.15, 0.2) is 6.10 Å². The van der Waals surface area contributed by atoms with Crippen LogP contribution >= 0.6 is 0 Å². The summed E-state index contributed by atoms with van der Waals surface area (Å²) in [5.74, 6) is -1.78. The van der Waals surface area contributed by atoms with E-state index in [4.69, 9.17) is 4.74 Å². The molecule has 2 N–H and O–H groups in total. The van der Waals surface area contributed by atoms with Crippen molar-refractivity contribution in [3.8, 4) is 0 Å². The summed E-state index contributed by atoms with van der Waals surface area (Å²) >= 11 is 0. The van der Waals surface area contributed by atoms with Crippen molar-refractivity contribution in [1.82, 2.24) is 0 Å². The average molecular weight is 358 g/mol. The molecular weight excluding hydrogens is 339 g/mol. The van der Waals surface area contributed by atoms with Crippen LogP contribution in [0.3, 0.4) is 0 Å². The number of hydrogen-bond acceptors (Lipinski definition) is 4. The Balaban J connectivity index is 1.86. The van der Waals surface area contributed by atoms with Gasteiger partial charge in [-0.15, -0.1) is 0 Å². The van der Waals surface area contributed by atoms with Gasteiger partial charge in [-0.1, -0.05) is 18.2 Å². The molecule has 0 heterocycles. The van der Waals surface area contributed by atoms with Crippen LogP contribution in [0.4, 0.5) is 15.8 Å². The molecule has 2 amide bonds. The molecule has 26 heavy (non-hydrogen) atoms. The highest BCUT2D eigenvalue weighted by molar-refractivity contribution is 5.95. The Labute approximate surface area is 150 Å². The number of hydrogen-bond donors (Lipinski definition) is 2. The second-order valence-electron chi connectivity index (χ2n) is 5.69. The maximum atomic E-state index is 13.1. The number of rotatable bonds is 6. The van der Waals surface area contributed by atoms with E-state index in [1.807, 2.05) is 0 Å².